The van der Waals surface area contributed by atoms with E-state index in [1.54, 1.807) is 17.6 Å². The van der Waals surface area contributed by atoms with Crippen molar-refractivity contribution in [2.24, 2.45) is 0 Å². The number of aromatic nitrogens is 3. The first-order chi connectivity index (χ1) is 12.7. The molecule has 0 atom stereocenters. The lowest BCUT2D eigenvalue weighted by molar-refractivity contribution is -0.138. The number of hydrogen-bond acceptors (Lipinski definition) is 6. The highest BCUT2D eigenvalue weighted by Crippen LogP contribution is 2.33. The van der Waals surface area contributed by atoms with Gasteiger partial charge in [0.05, 0.1) is 18.7 Å². The largest absolute Gasteiger partial charge is 0.416 e. The van der Waals surface area contributed by atoms with Gasteiger partial charge in [-0.05, 0) is 31.0 Å². The van der Waals surface area contributed by atoms with Crippen molar-refractivity contribution >= 4 is 26.8 Å². The minimum atomic E-state index is -4.44. The van der Waals surface area contributed by atoms with Gasteiger partial charge in [-0.15, -0.1) is 0 Å². The number of hydrogen-bond donors (Lipinski definition) is 2. The van der Waals surface area contributed by atoms with Gasteiger partial charge >= 0.3 is 6.18 Å². The van der Waals surface area contributed by atoms with Crippen molar-refractivity contribution in [1.82, 2.24) is 14.5 Å². The van der Waals surface area contributed by atoms with Crippen LogP contribution in [-0.2, 0) is 12.7 Å². The van der Waals surface area contributed by atoms with Crippen LogP contribution in [0.2, 0.25) is 0 Å². The lowest BCUT2D eigenvalue weighted by Gasteiger charge is -2.16. The summed E-state index contributed by atoms with van der Waals surface area (Å²) in [4.78, 5) is 20.5. The van der Waals surface area contributed by atoms with Crippen molar-refractivity contribution < 1.29 is 18.3 Å². The summed E-state index contributed by atoms with van der Waals surface area (Å²) in [5.41, 5.74) is -0.169. The number of anilines is 1. The molecule has 144 valence electrons. The normalized spacial score (nSPS) is 11.9. The second kappa shape index (κ2) is 7.28. The van der Waals surface area contributed by atoms with Crippen LogP contribution in [0, 0.1) is 13.8 Å². The Hall–Kier alpha value is -2.46. The zero-order valence-electron chi connectivity index (χ0n) is 14.6. The first kappa shape index (κ1) is 19.3. The molecule has 10 heteroatoms. The fourth-order valence-electron chi connectivity index (χ4n) is 2.81. The van der Waals surface area contributed by atoms with Crippen LogP contribution in [0.1, 0.15) is 22.5 Å². The van der Waals surface area contributed by atoms with Gasteiger partial charge in [-0.25, -0.2) is 4.98 Å². The Bertz CT molecular complexity index is 1040. The maximum atomic E-state index is 13.2. The molecule has 0 aliphatic rings. The molecule has 27 heavy (non-hydrogen) atoms. The number of aliphatic hydroxyl groups excluding tert-OH is 1. The zero-order chi connectivity index (χ0) is 19.8. The molecule has 3 rings (SSSR count). The van der Waals surface area contributed by atoms with Crippen LogP contribution >= 0.6 is 11.3 Å². The average molecular weight is 398 g/mol. The first-order valence-corrected chi connectivity index (χ1v) is 8.92. The molecular weight excluding hydrogens is 381 g/mol. The second-order valence-corrected chi connectivity index (χ2v) is 6.96. The van der Waals surface area contributed by atoms with Gasteiger partial charge in [0.2, 0.25) is 0 Å². The van der Waals surface area contributed by atoms with Gasteiger partial charge in [-0.3, -0.25) is 4.79 Å². The van der Waals surface area contributed by atoms with Gasteiger partial charge in [0.15, 0.2) is 10.8 Å². The van der Waals surface area contributed by atoms with Crippen molar-refractivity contribution in [3.63, 3.8) is 0 Å². The van der Waals surface area contributed by atoms with E-state index >= 15 is 0 Å². The van der Waals surface area contributed by atoms with Gasteiger partial charge in [0.1, 0.15) is 10.5 Å². The molecule has 0 aliphatic carbocycles. The van der Waals surface area contributed by atoms with E-state index in [0.29, 0.717) is 26.9 Å². The smallest absolute Gasteiger partial charge is 0.395 e. The Balaban J connectivity index is 2.10. The second-order valence-electron chi connectivity index (χ2n) is 5.96. The van der Waals surface area contributed by atoms with Gasteiger partial charge in [-0.2, -0.15) is 18.2 Å². The van der Waals surface area contributed by atoms with Crippen LogP contribution in [0.3, 0.4) is 0 Å². The highest BCUT2D eigenvalue weighted by molar-refractivity contribution is 7.22. The third-order valence-corrected chi connectivity index (χ3v) is 5.17. The number of halogens is 3. The Kier molecular flexibility index (Phi) is 5.20. The van der Waals surface area contributed by atoms with Crippen LogP contribution in [0.25, 0.3) is 10.3 Å². The van der Waals surface area contributed by atoms with E-state index in [1.807, 2.05) is 0 Å². The third-order valence-electron chi connectivity index (χ3n) is 4.18. The summed E-state index contributed by atoms with van der Waals surface area (Å²) in [6.07, 6.45) is -4.44. The minimum absolute atomic E-state index is 0.0964. The van der Waals surface area contributed by atoms with Crippen molar-refractivity contribution in [3.8, 4) is 0 Å². The molecule has 2 N–H and O–H groups in total. The molecule has 2 aromatic heterocycles. The Labute approximate surface area is 156 Å². The number of fused-ring (bicyclic) bond motifs is 1. The quantitative estimate of drug-likeness (QED) is 0.691. The number of benzene rings is 1. The summed E-state index contributed by atoms with van der Waals surface area (Å²) >= 11 is 1.10. The van der Waals surface area contributed by atoms with Gasteiger partial charge < -0.3 is 15.0 Å². The van der Waals surface area contributed by atoms with Gasteiger partial charge in [0.25, 0.3) is 5.56 Å². The van der Waals surface area contributed by atoms with E-state index in [9.17, 15) is 18.0 Å². The predicted molar refractivity (Wildman–Crippen MR) is 97.3 cm³/mol. The number of aryl methyl sites for hydroxylation is 1. The number of aliphatic hydroxyl groups is 1. The number of rotatable bonds is 5. The van der Waals surface area contributed by atoms with Crippen molar-refractivity contribution in [3.05, 3.63) is 51.1 Å². The molecule has 0 fully saturated rings. The molecule has 0 radical (unpaired) electrons. The van der Waals surface area contributed by atoms with E-state index < -0.39 is 17.3 Å². The zero-order valence-corrected chi connectivity index (χ0v) is 15.4. The van der Waals surface area contributed by atoms with Crippen LogP contribution in [0.15, 0.2) is 23.0 Å². The predicted octanol–water partition coefficient (Wildman–Crippen LogP) is 2.94. The van der Waals surface area contributed by atoms with E-state index in [1.165, 1.54) is 13.0 Å². The Morgan fingerprint density at radius 2 is 2.00 bits per heavy atom. The van der Waals surface area contributed by atoms with Crippen molar-refractivity contribution in [2.75, 3.05) is 18.5 Å². The van der Waals surface area contributed by atoms with Gasteiger partial charge in [-0.1, -0.05) is 23.5 Å². The summed E-state index contributed by atoms with van der Waals surface area (Å²) in [6.45, 7) is 3.32. The summed E-state index contributed by atoms with van der Waals surface area (Å²) in [7, 11) is 0. The van der Waals surface area contributed by atoms with E-state index in [2.05, 4.69) is 15.3 Å². The highest BCUT2D eigenvalue weighted by atomic mass is 32.1. The van der Waals surface area contributed by atoms with Gasteiger partial charge in [0, 0.05) is 6.54 Å². The van der Waals surface area contributed by atoms with Crippen molar-refractivity contribution in [1.29, 1.82) is 0 Å². The van der Waals surface area contributed by atoms with Crippen LogP contribution in [0.4, 0.5) is 18.3 Å². The summed E-state index contributed by atoms with van der Waals surface area (Å²) in [5.74, 6) is 0.364. The van der Waals surface area contributed by atoms with E-state index in [4.69, 9.17) is 5.11 Å². The molecule has 0 spiro atoms. The standard InChI is InChI=1S/C17H17F3N4O2S/c1-9-11(4-3-5-12(9)17(18,19)20)8-24-10(2)22-15(26)13-14(24)23-16(27-13)21-6-7-25/h3-5,25H,6-8H2,1-2H3,(H,21,23). The fraction of sp³-hybridized carbons (Fsp3) is 0.353. The molecule has 3 aromatic rings. The monoisotopic (exact) mass is 398 g/mol. The Morgan fingerprint density at radius 3 is 2.67 bits per heavy atom. The molecule has 1 aromatic carbocycles. The SMILES string of the molecule is Cc1c(Cn2c(C)nc(=O)c3sc(NCCO)nc32)cccc1C(F)(F)F. The summed E-state index contributed by atoms with van der Waals surface area (Å²) in [5, 5.41) is 12.2. The highest BCUT2D eigenvalue weighted by Gasteiger charge is 2.32. The lowest BCUT2D eigenvalue weighted by Crippen LogP contribution is -2.18. The fourth-order valence-corrected chi connectivity index (χ4v) is 3.69. The van der Waals surface area contributed by atoms with Crippen LogP contribution in [0.5, 0.6) is 0 Å². The average Bonchev–Trinajstić information content (AvgIpc) is 3.01. The maximum Gasteiger partial charge on any atom is 0.416 e. The van der Waals surface area contributed by atoms with Crippen molar-refractivity contribution in [2.45, 2.75) is 26.6 Å². The van der Waals surface area contributed by atoms with E-state index in [0.717, 1.165) is 17.4 Å². The molecule has 0 saturated carbocycles. The summed E-state index contributed by atoms with van der Waals surface area (Å²) in [6, 6.07) is 4.03. The molecule has 0 saturated heterocycles. The third kappa shape index (κ3) is 3.81. The number of alkyl halides is 3. The molecular formula is C17H17F3N4O2S. The van der Waals surface area contributed by atoms with Crippen LogP contribution < -0.4 is 10.9 Å². The number of thiazole rings is 1. The molecule has 0 bridgehead atoms. The number of nitrogens with one attached hydrogen (secondary N) is 1. The minimum Gasteiger partial charge on any atom is -0.395 e. The first-order valence-electron chi connectivity index (χ1n) is 8.10. The van der Waals surface area contributed by atoms with Crippen LogP contribution in [-0.4, -0.2) is 32.8 Å². The lowest BCUT2D eigenvalue weighted by atomic mass is 10.0. The number of nitrogens with zero attached hydrogens (tertiary/aromatic N) is 3. The maximum absolute atomic E-state index is 13.2. The molecule has 2 heterocycles. The molecule has 6 nitrogen and oxygen atoms in total. The summed E-state index contributed by atoms with van der Waals surface area (Å²) < 4.78 is 41.5. The molecule has 0 unspecified atom stereocenters. The Morgan fingerprint density at radius 1 is 1.26 bits per heavy atom. The molecule has 0 aliphatic heterocycles. The van der Waals surface area contributed by atoms with E-state index in [-0.39, 0.29) is 25.3 Å². The topological polar surface area (TPSA) is 80.0 Å². The molecule has 0 amide bonds.